The minimum atomic E-state index is -0.515. The van der Waals surface area contributed by atoms with Crippen LogP contribution in [0.5, 0.6) is 0 Å². The molecule has 0 fully saturated rings. The molecule has 1 amide bonds. The largest absolute Gasteiger partial charge is 0.364 e. The summed E-state index contributed by atoms with van der Waals surface area (Å²) in [7, 11) is 1.90. The molecular weight excluding hydrogens is 310 g/mol. The van der Waals surface area contributed by atoms with Gasteiger partial charge in [-0.25, -0.2) is 4.99 Å². The molecule has 1 aromatic heterocycles. The smallest absolute Gasteiger partial charge is 0.266 e. The van der Waals surface area contributed by atoms with Gasteiger partial charge in [0.2, 0.25) is 0 Å². The molecule has 2 rings (SSSR count). The Kier molecular flexibility index (Phi) is 5.41. The van der Waals surface area contributed by atoms with Crippen LogP contribution in [0.15, 0.2) is 21.9 Å². The second-order valence-electron chi connectivity index (χ2n) is 4.84. The zero-order valence-corrected chi connectivity index (χ0v) is 13.6. The number of nitrogens with two attached hydrogens (primary N) is 1. The first-order valence-electron chi connectivity index (χ1n) is 6.71. The van der Waals surface area contributed by atoms with Crippen LogP contribution in [0.2, 0.25) is 0 Å². The number of carbonyl (C=O) groups is 1. The molecule has 0 aliphatic carbocycles. The quantitative estimate of drug-likeness (QED) is 0.490. The van der Waals surface area contributed by atoms with Gasteiger partial charge in [0.25, 0.3) is 5.91 Å². The minimum Gasteiger partial charge on any atom is -0.364 e. The van der Waals surface area contributed by atoms with Gasteiger partial charge in [-0.1, -0.05) is 24.8 Å². The minimum absolute atomic E-state index is 0.177. The summed E-state index contributed by atoms with van der Waals surface area (Å²) >= 11 is 7.28. The normalized spacial score (nSPS) is 18.3. The van der Waals surface area contributed by atoms with Crippen LogP contribution < -0.4 is 5.73 Å². The van der Waals surface area contributed by atoms with Crippen LogP contribution in [0.4, 0.5) is 0 Å². The highest BCUT2D eigenvalue weighted by atomic mass is 35.5. The molecule has 1 aromatic rings. The molecule has 0 spiro atoms. The van der Waals surface area contributed by atoms with Gasteiger partial charge in [-0.3, -0.25) is 4.79 Å². The number of hydrogen-bond donors (Lipinski definition) is 1. The summed E-state index contributed by atoms with van der Waals surface area (Å²) in [5.41, 5.74) is 6.35. The lowest BCUT2D eigenvalue weighted by atomic mass is 9.97. The number of nitrogens with zero attached hydrogens (tertiary/aromatic N) is 4. The maximum absolute atomic E-state index is 11.3. The van der Waals surface area contributed by atoms with Crippen LogP contribution in [-0.4, -0.2) is 38.0 Å². The molecule has 6 nitrogen and oxygen atoms in total. The molecule has 21 heavy (non-hydrogen) atoms. The zero-order chi connectivity index (χ0) is 15.4. The topological polar surface area (TPSA) is 86.2 Å². The molecule has 2 heterocycles. The van der Waals surface area contributed by atoms with Crippen molar-refractivity contribution < 1.29 is 4.79 Å². The van der Waals surface area contributed by atoms with Crippen molar-refractivity contribution in [3.8, 4) is 0 Å². The van der Waals surface area contributed by atoms with Crippen molar-refractivity contribution in [3.63, 3.8) is 0 Å². The maximum atomic E-state index is 11.3. The first-order valence-corrected chi connectivity index (χ1v) is 8.23. The summed E-state index contributed by atoms with van der Waals surface area (Å²) in [4.78, 5) is 15.6. The third-order valence-electron chi connectivity index (χ3n) is 3.20. The summed E-state index contributed by atoms with van der Waals surface area (Å²) in [5.74, 6) is 1.87. The second kappa shape index (κ2) is 7.09. The number of halogens is 1. The monoisotopic (exact) mass is 327 g/mol. The van der Waals surface area contributed by atoms with Crippen molar-refractivity contribution in [2.24, 2.45) is 23.7 Å². The van der Waals surface area contributed by atoms with Gasteiger partial charge in [0, 0.05) is 24.6 Å². The van der Waals surface area contributed by atoms with Crippen molar-refractivity contribution in [1.29, 1.82) is 0 Å². The van der Waals surface area contributed by atoms with E-state index in [0.29, 0.717) is 17.4 Å². The number of primary amides is 1. The summed E-state index contributed by atoms with van der Waals surface area (Å²) in [6.07, 6.45) is 3.40. The number of aromatic nitrogens is 3. The Hall–Kier alpha value is -1.34. The lowest BCUT2D eigenvalue weighted by Crippen LogP contribution is -2.24. The molecule has 0 saturated heterocycles. The molecule has 8 heteroatoms. The standard InChI is InChI=1S/C13H18ClN5OS/c1-8-4-5-9(11(15)20)16-10(8)12-17-18-13(19(12)2)21-7-3-6-14/h5,8H,3-4,6-7H2,1-2H3,(H2,15,20). The van der Waals surface area contributed by atoms with Gasteiger partial charge < -0.3 is 10.3 Å². The average molecular weight is 328 g/mol. The second-order valence-corrected chi connectivity index (χ2v) is 6.28. The number of thioether (sulfide) groups is 1. The van der Waals surface area contributed by atoms with Crippen molar-refractivity contribution in [2.45, 2.75) is 24.9 Å². The fourth-order valence-electron chi connectivity index (χ4n) is 1.99. The van der Waals surface area contributed by atoms with Gasteiger partial charge in [0.15, 0.2) is 11.0 Å². The van der Waals surface area contributed by atoms with Crippen LogP contribution >= 0.6 is 23.4 Å². The number of carbonyl (C=O) groups excluding carboxylic acids is 1. The van der Waals surface area contributed by atoms with Gasteiger partial charge in [-0.2, -0.15) is 0 Å². The summed E-state index contributed by atoms with van der Waals surface area (Å²) < 4.78 is 1.90. The number of hydrogen-bond acceptors (Lipinski definition) is 5. The molecule has 1 atom stereocenters. The number of allylic oxidation sites excluding steroid dienone is 1. The molecule has 0 aromatic carbocycles. The molecule has 1 aliphatic heterocycles. The highest BCUT2D eigenvalue weighted by Gasteiger charge is 2.24. The Morgan fingerprint density at radius 3 is 3.00 bits per heavy atom. The van der Waals surface area contributed by atoms with Crippen LogP contribution in [0.25, 0.3) is 0 Å². The molecular formula is C13H18ClN5OS. The summed E-state index contributed by atoms with van der Waals surface area (Å²) in [6, 6.07) is 0. The Morgan fingerprint density at radius 2 is 2.33 bits per heavy atom. The van der Waals surface area contributed by atoms with Gasteiger partial charge >= 0.3 is 0 Å². The Balaban J connectivity index is 2.25. The molecule has 0 radical (unpaired) electrons. The molecule has 114 valence electrons. The van der Waals surface area contributed by atoms with E-state index in [2.05, 4.69) is 15.2 Å². The predicted octanol–water partition coefficient (Wildman–Crippen LogP) is 1.73. The van der Waals surface area contributed by atoms with E-state index in [-0.39, 0.29) is 5.92 Å². The number of aliphatic imine (C=N–C) groups is 1. The van der Waals surface area contributed by atoms with Gasteiger partial charge in [-0.05, 0) is 12.8 Å². The Morgan fingerprint density at radius 1 is 1.57 bits per heavy atom. The van der Waals surface area contributed by atoms with Gasteiger partial charge in [-0.15, -0.1) is 21.8 Å². The third-order valence-corrected chi connectivity index (χ3v) is 4.57. The molecule has 0 bridgehead atoms. The van der Waals surface area contributed by atoms with E-state index in [1.807, 2.05) is 18.5 Å². The predicted molar refractivity (Wildman–Crippen MR) is 84.7 cm³/mol. The zero-order valence-electron chi connectivity index (χ0n) is 12.0. The average Bonchev–Trinajstić information content (AvgIpc) is 2.81. The van der Waals surface area contributed by atoms with Crippen LogP contribution in [-0.2, 0) is 11.8 Å². The van der Waals surface area contributed by atoms with E-state index in [0.717, 1.165) is 29.5 Å². The highest BCUT2D eigenvalue weighted by molar-refractivity contribution is 7.99. The molecule has 2 N–H and O–H groups in total. The summed E-state index contributed by atoms with van der Waals surface area (Å²) in [5, 5.41) is 9.21. The first kappa shape index (κ1) is 16.0. The van der Waals surface area contributed by atoms with Gasteiger partial charge in [0.05, 0.1) is 5.71 Å². The summed E-state index contributed by atoms with van der Waals surface area (Å²) in [6.45, 7) is 2.04. The number of alkyl halides is 1. The third kappa shape index (κ3) is 3.65. The molecule has 1 unspecified atom stereocenters. The fraction of sp³-hybridized carbons (Fsp3) is 0.538. The lowest BCUT2D eigenvalue weighted by molar-refractivity contribution is -0.114. The fourth-order valence-corrected chi connectivity index (χ4v) is 3.14. The van der Waals surface area contributed by atoms with Crippen molar-refractivity contribution in [2.75, 3.05) is 11.6 Å². The SMILES string of the molecule is CC1CC=C(C(N)=O)N=C1c1nnc(SCCCCl)n1C. The van der Waals surface area contributed by atoms with Crippen LogP contribution in [0.3, 0.4) is 0 Å². The van der Waals surface area contributed by atoms with Gasteiger partial charge in [0.1, 0.15) is 5.70 Å². The Labute approximate surface area is 132 Å². The van der Waals surface area contributed by atoms with E-state index in [4.69, 9.17) is 17.3 Å². The van der Waals surface area contributed by atoms with Crippen LogP contribution in [0, 0.1) is 5.92 Å². The van der Waals surface area contributed by atoms with Crippen molar-refractivity contribution in [1.82, 2.24) is 14.8 Å². The van der Waals surface area contributed by atoms with E-state index in [9.17, 15) is 4.79 Å². The van der Waals surface area contributed by atoms with E-state index < -0.39 is 5.91 Å². The first-order chi connectivity index (χ1) is 10.0. The lowest BCUT2D eigenvalue weighted by Gasteiger charge is -2.17. The van der Waals surface area contributed by atoms with E-state index in [1.54, 1.807) is 17.8 Å². The number of amides is 1. The van der Waals surface area contributed by atoms with E-state index in [1.165, 1.54) is 0 Å². The van der Waals surface area contributed by atoms with Crippen molar-refractivity contribution in [3.05, 3.63) is 17.6 Å². The number of rotatable bonds is 6. The van der Waals surface area contributed by atoms with E-state index >= 15 is 0 Å². The van der Waals surface area contributed by atoms with Crippen molar-refractivity contribution >= 4 is 35.0 Å². The Bertz CT molecular complexity index is 595. The molecule has 1 aliphatic rings. The van der Waals surface area contributed by atoms with Crippen LogP contribution in [0.1, 0.15) is 25.6 Å². The highest BCUT2D eigenvalue weighted by Crippen LogP contribution is 2.23. The maximum Gasteiger partial charge on any atom is 0.266 e. The molecule has 0 saturated carbocycles.